The lowest BCUT2D eigenvalue weighted by Crippen LogP contribution is -2.58. The quantitative estimate of drug-likeness (QED) is 0.310. The maximum atomic E-state index is 13.6. The number of ketones is 1. The van der Waals surface area contributed by atoms with Gasteiger partial charge in [0.05, 0.1) is 42.5 Å². The first-order chi connectivity index (χ1) is 19.4. The Kier molecular flexibility index (Phi) is 13.0. The molecule has 0 spiro atoms. The van der Waals surface area contributed by atoms with Gasteiger partial charge in [-0.25, -0.2) is 0 Å². The number of cyclic esters (lactones) is 1. The van der Waals surface area contributed by atoms with E-state index in [9.17, 15) is 24.9 Å². The summed E-state index contributed by atoms with van der Waals surface area (Å²) in [6.07, 6.45) is 1.87. The third-order valence-electron chi connectivity index (χ3n) is 9.68. The standard InChI is InChI=1S/C32H55NO9/c1-12-14-33(10)23-15-19(4)40-25(16-23)42-29-21(6)27(35)22(7)30(37)41-24(13-2)32(9,38)28(36)20(5)26(34)18(3)17-31(29,8)39-11/h1,18-25,27-29,35-36,38H,13-17H2,2-11H3/t18-,19-,20+,21+,22-,23+,24-,25+,27+,28-,29-,31-,32-/m1/s1. The molecule has 0 saturated carbocycles. The molecule has 0 aromatic heterocycles. The molecule has 242 valence electrons. The summed E-state index contributed by atoms with van der Waals surface area (Å²) in [6.45, 7) is 14.0. The highest BCUT2D eigenvalue weighted by atomic mass is 16.7. The van der Waals surface area contributed by atoms with Gasteiger partial charge in [-0.2, -0.15) is 0 Å². The van der Waals surface area contributed by atoms with Gasteiger partial charge >= 0.3 is 5.97 Å². The third kappa shape index (κ3) is 8.12. The number of hydrogen-bond acceptors (Lipinski definition) is 10. The van der Waals surface area contributed by atoms with Gasteiger partial charge in [-0.1, -0.05) is 33.6 Å². The summed E-state index contributed by atoms with van der Waals surface area (Å²) in [5, 5.41) is 34.0. The van der Waals surface area contributed by atoms with E-state index in [4.69, 9.17) is 25.4 Å². The number of carbonyl (C=O) groups is 2. The molecule has 0 bridgehead atoms. The molecule has 0 aromatic rings. The summed E-state index contributed by atoms with van der Waals surface area (Å²) >= 11 is 0. The number of terminal acetylenes is 1. The van der Waals surface area contributed by atoms with Crippen molar-refractivity contribution in [1.29, 1.82) is 0 Å². The lowest BCUT2D eigenvalue weighted by Gasteiger charge is -2.47. The molecule has 2 aliphatic heterocycles. The van der Waals surface area contributed by atoms with Crippen molar-refractivity contribution in [2.45, 2.75) is 135 Å². The molecule has 0 unspecified atom stereocenters. The summed E-state index contributed by atoms with van der Waals surface area (Å²) in [5.74, 6) is -1.53. The van der Waals surface area contributed by atoms with Crippen LogP contribution >= 0.6 is 0 Å². The smallest absolute Gasteiger partial charge is 0.311 e. The van der Waals surface area contributed by atoms with Crippen molar-refractivity contribution in [3.05, 3.63) is 0 Å². The first kappa shape index (κ1) is 36.6. The first-order valence-corrected chi connectivity index (χ1v) is 15.3. The van der Waals surface area contributed by atoms with Crippen LogP contribution in [0.25, 0.3) is 0 Å². The van der Waals surface area contributed by atoms with Gasteiger partial charge in [-0.05, 0) is 54.0 Å². The average Bonchev–Trinajstić information content (AvgIpc) is 2.95. The van der Waals surface area contributed by atoms with Crippen LogP contribution in [0.1, 0.15) is 81.1 Å². The molecule has 0 amide bonds. The van der Waals surface area contributed by atoms with E-state index in [-0.39, 0.29) is 30.8 Å². The third-order valence-corrected chi connectivity index (χ3v) is 9.68. The normalized spacial score (nSPS) is 44.7. The zero-order valence-electron chi connectivity index (χ0n) is 27.2. The van der Waals surface area contributed by atoms with Crippen LogP contribution in [-0.2, 0) is 28.5 Å². The molecule has 10 nitrogen and oxygen atoms in total. The molecular formula is C32H55NO9. The molecule has 0 aromatic carbocycles. The topological polar surface area (TPSA) is 135 Å². The second-order valence-corrected chi connectivity index (χ2v) is 13.1. The highest BCUT2D eigenvalue weighted by Crippen LogP contribution is 2.39. The highest BCUT2D eigenvalue weighted by Gasteiger charge is 2.51. The molecule has 13 atom stereocenters. The van der Waals surface area contributed by atoms with Crippen molar-refractivity contribution in [3.8, 4) is 12.3 Å². The fourth-order valence-electron chi connectivity index (χ4n) is 6.74. The SMILES string of the molecule is C#CCN(C)[C@@H]1C[C@H](O[C@@H]2[C@@H](C)[C@H](O)[C@@H](C)C(=O)O[C@H](CC)[C@@](C)(O)[C@H](O)[C@@H](C)C(=O)[C@H](C)C[C@@]2(C)OC)O[C@H](C)C1. The summed E-state index contributed by atoms with van der Waals surface area (Å²) in [4.78, 5) is 29.0. The monoisotopic (exact) mass is 597 g/mol. The Balaban J connectivity index is 2.55. The van der Waals surface area contributed by atoms with Gasteiger partial charge in [0.2, 0.25) is 0 Å². The Bertz CT molecular complexity index is 951. The molecule has 0 aliphatic carbocycles. The van der Waals surface area contributed by atoms with Crippen LogP contribution in [0.5, 0.6) is 0 Å². The van der Waals surface area contributed by atoms with Gasteiger partial charge < -0.3 is 34.3 Å². The Morgan fingerprint density at radius 2 is 1.71 bits per heavy atom. The van der Waals surface area contributed by atoms with E-state index in [1.54, 1.807) is 34.6 Å². The predicted octanol–water partition coefficient (Wildman–Crippen LogP) is 2.55. The summed E-state index contributed by atoms with van der Waals surface area (Å²) < 4.78 is 24.6. The molecular weight excluding hydrogens is 542 g/mol. The number of Topliss-reactive ketones (excluding diaryl/α,β-unsaturated/α-hetero) is 1. The second-order valence-electron chi connectivity index (χ2n) is 13.1. The summed E-state index contributed by atoms with van der Waals surface area (Å²) in [6, 6.07) is 0.109. The molecule has 0 radical (unpaired) electrons. The van der Waals surface area contributed by atoms with Crippen molar-refractivity contribution in [3.63, 3.8) is 0 Å². The molecule has 2 fully saturated rings. The van der Waals surface area contributed by atoms with E-state index in [1.165, 1.54) is 14.0 Å². The number of ether oxygens (including phenoxy) is 4. The number of esters is 1. The molecule has 2 heterocycles. The number of nitrogens with zero attached hydrogens (tertiary/aromatic N) is 1. The number of hydrogen-bond donors (Lipinski definition) is 3. The van der Waals surface area contributed by atoms with Gasteiger partial charge in [0.1, 0.15) is 17.5 Å². The largest absolute Gasteiger partial charge is 0.459 e. The van der Waals surface area contributed by atoms with Crippen molar-refractivity contribution < 1.29 is 43.9 Å². The Morgan fingerprint density at radius 1 is 1.10 bits per heavy atom. The van der Waals surface area contributed by atoms with Crippen LogP contribution in [0.3, 0.4) is 0 Å². The zero-order chi connectivity index (χ0) is 32.2. The van der Waals surface area contributed by atoms with Gasteiger partial charge in [-0.3, -0.25) is 14.5 Å². The number of aliphatic hydroxyl groups is 3. The summed E-state index contributed by atoms with van der Waals surface area (Å²) in [7, 11) is 3.49. The van der Waals surface area contributed by atoms with Crippen molar-refractivity contribution in [2.24, 2.45) is 23.7 Å². The molecule has 3 N–H and O–H groups in total. The van der Waals surface area contributed by atoms with Crippen LogP contribution in [0.2, 0.25) is 0 Å². The lowest BCUT2D eigenvalue weighted by molar-refractivity contribution is -0.271. The fraction of sp³-hybridized carbons (Fsp3) is 0.875. The molecule has 42 heavy (non-hydrogen) atoms. The zero-order valence-corrected chi connectivity index (χ0v) is 27.2. The van der Waals surface area contributed by atoms with E-state index in [1.807, 2.05) is 20.9 Å². The highest BCUT2D eigenvalue weighted by molar-refractivity contribution is 5.83. The number of aliphatic hydroxyl groups excluding tert-OH is 2. The molecule has 2 saturated heterocycles. The van der Waals surface area contributed by atoms with Crippen LogP contribution in [0.15, 0.2) is 0 Å². The predicted molar refractivity (Wildman–Crippen MR) is 158 cm³/mol. The van der Waals surface area contributed by atoms with Crippen LogP contribution in [-0.4, -0.2) is 107 Å². The minimum absolute atomic E-state index is 0.109. The van der Waals surface area contributed by atoms with Gasteiger partial charge in [0.15, 0.2) is 6.29 Å². The minimum atomic E-state index is -1.89. The van der Waals surface area contributed by atoms with E-state index >= 15 is 0 Å². The minimum Gasteiger partial charge on any atom is -0.459 e. The summed E-state index contributed by atoms with van der Waals surface area (Å²) in [5.41, 5.74) is -3.00. The van der Waals surface area contributed by atoms with Crippen molar-refractivity contribution in [2.75, 3.05) is 20.7 Å². The second kappa shape index (κ2) is 14.9. The van der Waals surface area contributed by atoms with Crippen molar-refractivity contribution >= 4 is 11.8 Å². The van der Waals surface area contributed by atoms with Gasteiger partial charge in [0.25, 0.3) is 0 Å². The molecule has 10 heteroatoms. The first-order valence-electron chi connectivity index (χ1n) is 15.3. The average molecular weight is 598 g/mol. The van der Waals surface area contributed by atoms with Crippen LogP contribution < -0.4 is 0 Å². The molecule has 2 aliphatic rings. The Labute approximate surface area is 252 Å². The van der Waals surface area contributed by atoms with Crippen molar-refractivity contribution in [1.82, 2.24) is 4.90 Å². The Hall–Kier alpha value is -1.58. The lowest BCUT2D eigenvalue weighted by atomic mass is 9.74. The Morgan fingerprint density at radius 3 is 2.26 bits per heavy atom. The maximum absolute atomic E-state index is 13.6. The van der Waals surface area contributed by atoms with E-state index in [0.29, 0.717) is 13.0 Å². The number of carbonyl (C=O) groups excluding carboxylic acids is 2. The van der Waals surface area contributed by atoms with Crippen LogP contribution in [0, 0.1) is 36.0 Å². The van der Waals surface area contributed by atoms with Crippen LogP contribution in [0.4, 0.5) is 0 Å². The van der Waals surface area contributed by atoms with E-state index in [2.05, 4.69) is 10.8 Å². The number of rotatable bonds is 6. The fourth-order valence-corrected chi connectivity index (χ4v) is 6.74. The van der Waals surface area contributed by atoms with Gasteiger partial charge in [-0.15, -0.1) is 6.42 Å². The van der Waals surface area contributed by atoms with E-state index in [0.717, 1.165) is 6.42 Å². The molecule has 2 rings (SSSR count). The number of methoxy groups -OCH3 is 1. The van der Waals surface area contributed by atoms with E-state index < -0.39 is 71.5 Å². The van der Waals surface area contributed by atoms with Gasteiger partial charge in [0, 0.05) is 37.3 Å². The maximum Gasteiger partial charge on any atom is 0.311 e.